The number of amides is 2. The maximum Gasteiger partial charge on any atom is 0.304 e. The molecule has 24 heavy (non-hydrogen) atoms. The van der Waals surface area contributed by atoms with Crippen LogP contribution in [0.5, 0.6) is 0 Å². The molecule has 124 valence electrons. The molecule has 1 aromatic carbocycles. The van der Waals surface area contributed by atoms with Gasteiger partial charge >= 0.3 is 5.97 Å². The van der Waals surface area contributed by atoms with Gasteiger partial charge in [0.25, 0.3) is 0 Å². The van der Waals surface area contributed by atoms with E-state index in [0.717, 1.165) is 4.90 Å². The Bertz CT molecular complexity index is 757. The summed E-state index contributed by atoms with van der Waals surface area (Å²) in [6, 6.07) is 8.67. The Labute approximate surface area is 138 Å². The summed E-state index contributed by atoms with van der Waals surface area (Å²) in [6.07, 6.45) is 4.45. The smallest absolute Gasteiger partial charge is 0.304 e. The lowest BCUT2D eigenvalue weighted by Gasteiger charge is -2.25. The monoisotopic (exact) mass is 327 g/mol. The van der Waals surface area contributed by atoms with Gasteiger partial charge in [-0.2, -0.15) is 0 Å². The van der Waals surface area contributed by atoms with E-state index in [1.807, 2.05) is 0 Å². The second-order valence-corrected chi connectivity index (χ2v) is 5.85. The van der Waals surface area contributed by atoms with Crippen molar-refractivity contribution >= 4 is 17.8 Å². The minimum absolute atomic E-state index is 0.119. The van der Waals surface area contributed by atoms with E-state index in [-0.39, 0.29) is 18.9 Å². The molecule has 2 aromatic rings. The second-order valence-electron chi connectivity index (χ2n) is 5.85. The number of benzene rings is 1. The highest BCUT2D eigenvalue weighted by atomic mass is 16.4. The van der Waals surface area contributed by atoms with Gasteiger partial charge in [0, 0.05) is 31.9 Å². The predicted molar refractivity (Wildman–Crippen MR) is 83.9 cm³/mol. The fourth-order valence-electron chi connectivity index (χ4n) is 3.14. The molecular formula is C17H17N3O4. The van der Waals surface area contributed by atoms with E-state index in [0.29, 0.717) is 12.1 Å². The van der Waals surface area contributed by atoms with Gasteiger partial charge in [-0.3, -0.25) is 19.3 Å². The van der Waals surface area contributed by atoms with Crippen LogP contribution in [0.4, 0.5) is 0 Å². The number of carbonyl (C=O) groups excluding carboxylic acids is 2. The summed E-state index contributed by atoms with van der Waals surface area (Å²) in [4.78, 5) is 41.8. The zero-order chi connectivity index (χ0) is 17.2. The van der Waals surface area contributed by atoms with Crippen molar-refractivity contribution in [2.75, 3.05) is 6.54 Å². The maximum atomic E-state index is 13.0. The summed E-state index contributed by atoms with van der Waals surface area (Å²) in [5, 5.41) is 9.28. The number of carbonyl (C=O) groups is 3. The molecule has 2 amide bonds. The molecule has 1 N–H and O–H groups in total. The van der Waals surface area contributed by atoms with Gasteiger partial charge < -0.3 is 9.67 Å². The van der Waals surface area contributed by atoms with E-state index in [1.165, 1.54) is 0 Å². The average Bonchev–Trinajstić information content (AvgIpc) is 3.15. The van der Waals surface area contributed by atoms with E-state index in [9.17, 15) is 19.5 Å². The first-order valence-corrected chi connectivity index (χ1v) is 7.61. The lowest BCUT2D eigenvalue weighted by molar-refractivity contribution is -0.145. The van der Waals surface area contributed by atoms with Crippen molar-refractivity contribution < 1.29 is 19.5 Å². The van der Waals surface area contributed by atoms with Gasteiger partial charge in [0.1, 0.15) is 0 Å². The Hall–Kier alpha value is -2.96. The molecule has 0 aliphatic carbocycles. The molecule has 1 aromatic heterocycles. The number of carboxylic acids is 1. The van der Waals surface area contributed by atoms with Crippen molar-refractivity contribution in [3.63, 3.8) is 0 Å². The van der Waals surface area contributed by atoms with Crippen LogP contribution in [-0.2, 0) is 26.3 Å². The number of hydrogen-bond acceptors (Lipinski definition) is 4. The molecule has 1 fully saturated rings. The Morgan fingerprint density at radius 2 is 1.96 bits per heavy atom. The normalized spacial score (nSPS) is 20.6. The van der Waals surface area contributed by atoms with Gasteiger partial charge in [0.05, 0.1) is 18.2 Å². The number of imidazole rings is 1. The molecule has 1 saturated heterocycles. The first-order chi connectivity index (χ1) is 11.5. The molecule has 7 heteroatoms. The van der Waals surface area contributed by atoms with Crippen molar-refractivity contribution in [2.24, 2.45) is 0 Å². The molecular weight excluding hydrogens is 310 g/mol. The van der Waals surface area contributed by atoms with E-state index < -0.39 is 23.7 Å². The highest BCUT2D eigenvalue weighted by Crippen LogP contribution is 2.39. The quantitative estimate of drug-likeness (QED) is 0.801. The predicted octanol–water partition coefficient (Wildman–Crippen LogP) is 1.05. The number of aliphatic carboxylic acids is 1. The summed E-state index contributed by atoms with van der Waals surface area (Å²) in [7, 11) is 0. The van der Waals surface area contributed by atoms with Crippen molar-refractivity contribution in [3.05, 3.63) is 54.6 Å². The van der Waals surface area contributed by atoms with Gasteiger partial charge in [-0.05, 0) is 5.56 Å². The van der Waals surface area contributed by atoms with Crippen molar-refractivity contribution in [1.82, 2.24) is 14.5 Å². The Morgan fingerprint density at radius 1 is 1.21 bits per heavy atom. The van der Waals surface area contributed by atoms with Crippen LogP contribution in [0.3, 0.4) is 0 Å². The molecule has 3 rings (SSSR count). The summed E-state index contributed by atoms with van der Waals surface area (Å²) >= 11 is 0. The molecule has 1 atom stereocenters. The lowest BCUT2D eigenvalue weighted by atomic mass is 9.76. The number of carboxylic acid groups (broad SMARTS) is 1. The molecule has 0 bridgehead atoms. The summed E-state index contributed by atoms with van der Waals surface area (Å²) in [5.74, 6) is -1.89. The van der Waals surface area contributed by atoms with Crippen molar-refractivity contribution in [2.45, 2.75) is 24.8 Å². The molecule has 0 saturated carbocycles. The number of imide groups is 1. The molecule has 0 radical (unpaired) electrons. The van der Waals surface area contributed by atoms with Crippen LogP contribution in [0, 0.1) is 0 Å². The molecule has 1 unspecified atom stereocenters. The highest BCUT2D eigenvalue weighted by molar-refractivity contribution is 6.10. The fraction of sp³-hybridized carbons (Fsp3) is 0.294. The van der Waals surface area contributed by atoms with Crippen molar-refractivity contribution in [1.29, 1.82) is 0 Å². The minimum atomic E-state index is -1.32. The maximum absolute atomic E-state index is 13.0. The van der Waals surface area contributed by atoms with E-state index >= 15 is 0 Å². The first kappa shape index (κ1) is 15.9. The zero-order valence-corrected chi connectivity index (χ0v) is 13.0. The third-order valence-electron chi connectivity index (χ3n) is 4.33. The van der Waals surface area contributed by atoms with Gasteiger partial charge in [-0.15, -0.1) is 0 Å². The lowest BCUT2D eigenvalue weighted by Crippen LogP contribution is -2.41. The third-order valence-corrected chi connectivity index (χ3v) is 4.33. The first-order valence-electron chi connectivity index (χ1n) is 7.61. The minimum Gasteiger partial charge on any atom is -0.481 e. The Morgan fingerprint density at radius 3 is 2.58 bits per heavy atom. The summed E-state index contributed by atoms with van der Waals surface area (Å²) < 4.78 is 1.76. The third kappa shape index (κ3) is 2.80. The van der Waals surface area contributed by atoms with Crippen LogP contribution < -0.4 is 0 Å². The molecule has 2 heterocycles. The van der Waals surface area contributed by atoms with Crippen molar-refractivity contribution in [3.8, 4) is 0 Å². The standard InChI is InChI=1S/C17H17N3O4/c21-14-10-17(11-15(22)23,13-4-2-1-3-5-13)16(24)20(14)9-8-19-7-6-18-12-19/h1-7,12H,8-11H2,(H,22,23). The largest absolute Gasteiger partial charge is 0.481 e. The molecule has 7 nitrogen and oxygen atoms in total. The van der Waals surface area contributed by atoms with Crippen LogP contribution in [0.1, 0.15) is 18.4 Å². The zero-order valence-electron chi connectivity index (χ0n) is 13.0. The molecule has 0 spiro atoms. The van der Waals surface area contributed by atoms with E-state index in [1.54, 1.807) is 53.6 Å². The SMILES string of the molecule is O=C(O)CC1(c2ccccc2)CC(=O)N(CCn2ccnc2)C1=O. The molecule has 1 aliphatic heterocycles. The highest BCUT2D eigenvalue weighted by Gasteiger charge is 2.53. The van der Waals surface area contributed by atoms with Crippen LogP contribution in [-0.4, -0.2) is 43.9 Å². The van der Waals surface area contributed by atoms with Gasteiger partial charge in [-0.1, -0.05) is 30.3 Å². The molecule has 1 aliphatic rings. The van der Waals surface area contributed by atoms with Crippen LogP contribution in [0.15, 0.2) is 49.1 Å². The fourth-order valence-corrected chi connectivity index (χ4v) is 3.14. The van der Waals surface area contributed by atoms with Gasteiger partial charge in [0.2, 0.25) is 11.8 Å². The Balaban J connectivity index is 1.89. The topological polar surface area (TPSA) is 92.5 Å². The van der Waals surface area contributed by atoms with E-state index in [2.05, 4.69) is 4.98 Å². The van der Waals surface area contributed by atoms with Gasteiger partial charge in [0.15, 0.2) is 0 Å². The average molecular weight is 327 g/mol. The Kier molecular flexibility index (Phi) is 4.16. The van der Waals surface area contributed by atoms with E-state index in [4.69, 9.17) is 0 Å². The number of hydrogen-bond donors (Lipinski definition) is 1. The van der Waals surface area contributed by atoms with Crippen LogP contribution >= 0.6 is 0 Å². The summed E-state index contributed by atoms with van der Waals surface area (Å²) in [5.41, 5.74) is -0.755. The van der Waals surface area contributed by atoms with Crippen LogP contribution in [0.25, 0.3) is 0 Å². The summed E-state index contributed by atoms with van der Waals surface area (Å²) in [6.45, 7) is 0.623. The van der Waals surface area contributed by atoms with Gasteiger partial charge in [-0.25, -0.2) is 4.98 Å². The number of likely N-dealkylation sites (tertiary alicyclic amines) is 1. The number of aromatic nitrogens is 2. The second kappa shape index (κ2) is 6.27. The van der Waals surface area contributed by atoms with Crippen LogP contribution in [0.2, 0.25) is 0 Å². The number of rotatable bonds is 6. The number of nitrogens with zero attached hydrogens (tertiary/aromatic N) is 3.